The fourth-order valence-electron chi connectivity index (χ4n) is 1.86. The van der Waals surface area contributed by atoms with Crippen LogP contribution in [0.15, 0.2) is 57.2 Å². The first-order valence-electron chi connectivity index (χ1n) is 6.10. The number of carboxylic acids is 1. The van der Waals surface area contributed by atoms with Crippen molar-refractivity contribution in [2.75, 3.05) is 6.26 Å². The zero-order valence-electron chi connectivity index (χ0n) is 11.5. The molecule has 2 rings (SSSR count). The molecular weight excluding hydrogens is 308 g/mol. The summed E-state index contributed by atoms with van der Waals surface area (Å²) in [4.78, 5) is 12.7. The Kier molecular flexibility index (Phi) is 4.39. The zero-order chi connectivity index (χ0) is 15.6. The fourth-order valence-corrected chi connectivity index (χ4v) is 4.08. The number of rotatable bonds is 4. The second kappa shape index (κ2) is 5.91. The summed E-state index contributed by atoms with van der Waals surface area (Å²) in [6.07, 6.45) is 1.16. The minimum Gasteiger partial charge on any atom is -0.478 e. The molecule has 6 heteroatoms. The van der Waals surface area contributed by atoms with E-state index in [1.165, 1.54) is 11.8 Å². The van der Waals surface area contributed by atoms with Gasteiger partial charge in [0, 0.05) is 16.0 Å². The normalized spacial score (nSPS) is 11.3. The largest absolute Gasteiger partial charge is 0.478 e. The molecule has 2 aromatic carbocycles. The van der Waals surface area contributed by atoms with Crippen molar-refractivity contribution in [3.8, 4) is 0 Å². The van der Waals surface area contributed by atoms with Crippen LogP contribution in [0.1, 0.15) is 15.9 Å². The first-order chi connectivity index (χ1) is 9.79. The lowest BCUT2D eigenvalue weighted by molar-refractivity contribution is 0.0696. The maximum absolute atomic E-state index is 11.8. The quantitative estimate of drug-likeness (QED) is 0.935. The third kappa shape index (κ3) is 3.65. The topological polar surface area (TPSA) is 71.4 Å². The Bertz CT molecular complexity index is 795. The van der Waals surface area contributed by atoms with Gasteiger partial charge in [0.15, 0.2) is 9.84 Å². The summed E-state index contributed by atoms with van der Waals surface area (Å²) < 4.78 is 23.5. The van der Waals surface area contributed by atoms with E-state index in [2.05, 4.69) is 0 Å². The SMILES string of the molecule is Cc1ccc(Sc2ccccc2S(C)(=O)=O)cc1C(=O)O. The van der Waals surface area contributed by atoms with Crippen LogP contribution in [-0.4, -0.2) is 25.7 Å². The summed E-state index contributed by atoms with van der Waals surface area (Å²) in [5.74, 6) is -0.994. The average Bonchev–Trinajstić information content (AvgIpc) is 2.40. The molecule has 0 aliphatic rings. The van der Waals surface area contributed by atoms with Gasteiger partial charge in [-0.25, -0.2) is 13.2 Å². The van der Waals surface area contributed by atoms with Gasteiger partial charge in [-0.05, 0) is 36.8 Å². The van der Waals surface area contributed by atoms with E-state index in [0.29, 0.717) is 15.4 Å². The van der Waals surface area contributed by atoms with Crippen LogP contribution in [0.5, 0.6) is 0 Å². The van der Waals surface area contributed by atoms with Crippen LogP contribution in [-0.2, 0) is 9.84 Å². The molecule has 0 saturated heterocycles. The van der Waals surface area contributed by atoms with Crippen LogP contribution < -0.4 is 0 Å². The molecule has 0 aromatic heterocycles. The van der Waals surface area contributed by atoms with Gasteiger partial charge in [0.1, 0.15) is 0 Å². The zero-order valence-corrected chi connectivity index (χ0v) is 13.2. The maximum atomic E-state index is 11.8. The molecule has 0 radical (unpaired) electrons. The molecule has 2 aromatic rings. The van der Waals surface area contributed by atoms with E-state index in [1.54, 1.807) is 49.4 Å². The molecular formula is C15H14O4S2. The molecule has 21 heavy (non-hydrogen) atoms. The monoisotopic (exact) mass is 322 g/mol. The summed E-state index contributed by atoms with van der Waals surface area (Å²) in [5, 5.41) is 9.13. The number of hydrogen-bond acceptors (Lipinski definition) is 4. The Labute approximate surface area is 127 Å². The van der Waals surface area contributed by atoms with E-state index in [1.807, 2.05) is 0 Å². The number of carbonyl (C=O) groups is 1. The first-order valence-corrected chi connectivity index (χ1v) is 8.80. The predicted molar refractivity (Wildman–Crippen MR) is 81.8 cm³/mol. The summed E-state index contributed by atoms with van der Waals surface area (Å²) in [6.45, 7) is 1.72. The van der Waals surface area contributed by atoms with E-state index in [4.69, 9.17) is 5.11 Å². The van der Waals surface area contributed by atoms with Gasteiger partial charge in [-0.15, -0.1) is 0 Å². The highest BCUT2D eigenvalue weighted by atomic mass is 32.2. The number of carboxylic acid groups (broad SMARTS) is 1. The Morgan fingerprint density at radius 2 is 1.81 bits per heavy atom. The molecule has 0 fully saturated rings. The Balaban J connectivity index is 2.45. The van der Waals surface area contributed by atoms with Gasteiger partial charge in [0.25, 0.3) is 0 Å². The summed E-state index contributed by atoms with van der Waals surface area (Å²) in [6, 6.07) is 11.7. The van der Waals surface area contributed by atoms with Crippen molar-refractivity contribution < 1.29 is 18.3 Å². The standard InChI is InChI=1S/C15H14O4S2/c1-10-7-8-11(9-12(10)15(16)17)20-13-5-3-4-6-14(13)21(2,18)19/h3-9H,1-2H3,(H,16,17). The molecule has 110 valence electrons. The molecule has 1 N–H and O–H groups in total. The van der Waals surface area contributed by atoms with Crippen molar-refractivity contribution in [3.05, 3.63) is 53.6 Å². The Hall–Kier alpha value is -1.79. The van der Waals surface area contributed by atoms with Gasteiger partial charge < -0.3 is 5.11 Å². The molecule has 4 nitrogen and oxygen atoms in total. The van der Waals surface area contributed by atoms with Crippen molar-refractivity contribution in [1.82, 2.24) is 0 Å². The van der Waals surface area contributed by atoms with Crippen molar-refractivity contribution >= 4 is 27.6 Å². The lowest BCUT2D eigenvalue weighted by Gasteiger charge is -2.09. The minimum atomic E-state index is -3.33. The molecule has 0 spiro atoms. The van der Waals surface area contributed by atoms with Crippen molar-refractivity contribution in [3.63, 3.8) is 0 Å². The Morgan fingerprint density at radius 1 is 1.14 bits per heavy atom. The average molecular weight is 322 g/mol. The smallest absolute Gasteiger partial charge is 0.335 e. The van der Waals surface area contributed by atoms with E-state index in [-0.39, 0.29) is 10.5 Å². The van der Waals surface area contributed by atoms with Crippen LogP contribution in [0.3, 0.4) is 0 Å². The van der Waals surface area contributed by atoms with Gasteiger partial charge in [-0.2, -0.15) is 0 Å². The van der Waals surface area contributed by atoms with E-state index in [9.17, 15) is 13.2 Å². The molecule has 0 unspecified atom stereocenters. The van der Waals surface area contributed by atoms with Crippen LogP contribution in [0.2, 0.25) is 0 Å². The molecule has 0 amide bonds. The highest BCUT2D eigenvalue weighted by Gasteiger charge is 2.14. The van der Waals surface area contributed by atoms with Gasteiger partial charge in [0.2, 0.25) is 0 Å². The number of hydrogen-bond donors (Lipinski definition) is 1. The lowest BCUT2D eigenvalue weighted by atomic mass is 10.1. The first kappa shape index (κ1) is 15.6. The molecule has 0 bridgehead atoms. The number of aryl methyl sites for hydroxylation is 1. The summed E-state index contributed by atoms with van der Waals surface area (Å²) in [5.41, 5.74) is 0.889. The molecule has 0 aliphatic carbocycles. The van der Waals surface area contributed by atoms with Gasteiger partial charge >= 0.3 is 5.97 Å². The van der Waals surface area contributed by atoms with E-state index in [0.717, 1.165) is 6.26 Å². The van der Waals surface area contributed by atoms with Crippen LogP contribution in [0, 0.1) is 6.92 Å². The van der Waals surface area contributed by atoms with Crippen molar-refractivity contribution in [2.45, 2.75) is 21.6 Å². The summed E-state index contributed by atoms with van der Waals surface area (Å²) in [7, 11) is -3.33. The third-order valence-corrected chi connectivity index (χ3v) is 5.27. The van der Waals surface area contributed by atoms with Crippen LogP contribution in [0.4, 0.5) is 0 Å². The van der Waals surface area contributed by atoms with E-state index >= 15 is 0 Å². The number of sulfone groups is 1. The lowest BCUT2D eigenvalue weighted by Crippen LogP contribution is -2.00. The molecule has 0 heterocycles. The number of aromatic carboxylic acids is 1. The van der Waals surface area contributed by atoms with Crippen LogP contribution in [0.25, 0.3) is 0 Å². The number of benzene rings is 2. The highest BCUT2D eigenvalue weighted by molar-refractivity contribution is 8.00. The summed E-state index contributed by atoms with van der Waals surface area (Å²) >= 11 is 1.24. The minimum absolute atomic E-state index is 0.219. The van der Waals surface area contributed by atoms with E-state index < -0.39 is 15.8 Å². The van der Waals surface area contributed by atoms with Gasteiger partial charge in [0.05, 0.1) is 10.5 Å². The predicted octanol–water partition coefficient (Wildman–Crippen LogP) is 3.25. The fraction of sp³-hybridized carbons (Fsp3) is 0.133. The Morgan fingerprint density at radius 3 is 2.43 bits per heavy atom. The van der Waals surface area contributed by atoms with Gasteiger partial charge in [-0.3, -0.25) is 0 Å². The van der Waals surface area contributed by atoms with Crippen LogP contribution >= 0.6 is 11.8 Å². The molecule has 0 aliphatic heterocycles. The second-order valence-corrected chi connectivity index (χ2v) is 7.70. The third-order valence-electron chi connectivity index (χ3n) is 2.92. The van der Waals surface area contributed by atoms with Crippen molar-refractivity contribution in [1.29, 1.82) is 0 Å². The van der Waals surface area contributed by atoms with Crippen molar-refractivity contribution in [2.24, 2.45) is 0 Å². The highest BCUT2D eigenvalue weighted by Crippen LogP contribution is 2.33. The second-order valence-electron chi connectivity index (χ2n) is 4.60. The molecule has 0 saturated carbocycles. The van der Waals surface area contributed by atoms with Gasteiger partial charge in [-0.1, -0.05) is 30.0 Å². The maximum Gasteiger partial charge on any atom is 0.335 e. The molecule has 0 atom stereocenters.